The van der Waals surface area contributed by atoms with Gasteiger partial charge in [-0.25, -0.2) is 10.4 Å². The fourth-order valence-electron chi connectivity index (χ4n) is 2.10. The van der Waals surface area contributed by atoms with E-state index in [0.29, 0.717) is 11.0 Å². The summed E-state index contributed by atoms with van der Waals surface area (Å²) in [4.78, 5) is 17.6. The van der Waals surface area contributed by atoms with Gasteiger partial charge in [-0.2, -0.15) is 0 Å². The summed E-state index contributed by atoms with van der Waals surface area (Å²) in [7, 11) is 3.44. The SMILES string of the molecule is CNc1cc([C@@H]2CC(=O)N(C)C(N)=N2)ccc1C(=[NH2+])Br. The third kappa shape index (κ3) is 2.67. The van der Waals surface area contributed by atoms with Crippen LogP contribution in [0.25, 0.3) is 0 Å². The first-order valence-electron chi connectivity index (χ1n) is 6.14. The number of halogens is 1. The number of aliphatic imine (C=N–C) groups is 1. The number of benzene rings is 1. The Kier molecular flexibility index (Phi) is 4.08. The lowest BCUT2D eigenvalue weighted by Gasteiger charge is -2.26. The molecule has 1 aromatic rings. The van der Waals surface area contributed by atoms with Gasteiger partial charge in [-0.05, 0) is 17.7 Å². The molecule has 0 aromatic heterocycles. The smallest absolute Gasteiger partial charge is 0.248 e. The van der Waals surface area contributed by atoms with Crippen molar-refractivity contribution in [2.45, 2.75) is 12.5 Å². The molecule has 1 aliphatic rings. The van der Waals surface area contributed by atoms with Crippen LogP contribution < -0.4 is 16.5 Å². The third-order valence-corrected chi connectivity index (χ3v) is 3.76. The summed E-state index contributed by atoms with van der Waals surface area (Å²) < 4.78 is 0.552. The van der Waals surface area contributed by atoms with Crippen LogP contribution >= 0.6 is 15.9 Å². The van der Waals surface area contributed by atoms with Crippen LogP contribution in [0.5, 0.6) is 0 Å². The number of nitrogens with zero attached hydrogens (tertiary/aromatic N) is 2. The van der Waals surface area contributed by atoms with E-state index in [0.717, 1.165) is 16.8 Å². The highest BCUT2D eigenvalue weighted by molar-refractivity contribution is 9.18. The van der Waals surface area contributed by atoms with Crippen LogP contribution in [0.1, 0.15) is 23.6 Å². The van der Waals surface area contributed by atoms with E-state index in [1.54, 1.807) is 7.05 Å². The fourth-order valence-corrected chi connectivity index (χ4v) is 2.44. The van der Waals surface area contributed by atoms with Crippen molar-refractivity contribution >= 4 is 38.1 Å². The van der Waals surface area contributed by atoms with Crippen LogP contribution in [-0.2, 0) is 4.79 Å². The zero-order valence-electron chi connectivity index (χ0n) is 11.4. The summed E-state index contributed by atoms with van der Waals surface area (Å²) in [5.41, 5.74) is 8.42. The molecular formula is C13H17BrN5O+. The Hall–Kier alpha value is -1.89. The van der Waals surface area contributed by atoms with Crippen LogP contribution in [-0.4, -0.2) is 35.5 Å². The standard InChI is InChI=1S/C13H16BrN5O/c1-17-10-5-7(3-4-8(10)12(14)15)9-6-11(20)19(2)13(16)18-9/h3-5,9,15,17H,6H2,1-2H3,(H2,16,18)/p+1/t9-/m0/s1. The molecule has 0 radical (unpaired) electrons. The van der Waals surface area contributed by atoms with E-state index in [4.69, 9.17) is 11.1 Å². The van der Waals surface area contributed by atoms with Crippen molar-refractivity contribution < 1.29 is 10.2 Å². The Balaban J connectivity index is 2.39. The Morgan fingerprint density at radius 1 is 1.60 bits per heavy atom. The van der Waals surface area contributed by atoms with Gasteiger partial charge in [0, 0.05) is 35.7 Å². The fraction of sp³-hybridized carbons (Fsp3) is 0.308. The van der Waals surface area contributed by atoms with Crippen LogP contribution in [0.4, 0.5) is 5.69 Å². The third-order valence-electron chi connectivity index (χ3n) is 3.33. The van der Waals surface area contributed by atoms with E-state index in [1.807, 2.05) is 25.2 Å². The molecule has 7 heteroatoms. The molecule has 0 fully saturated rings. The minimum absolute atomic E-state index is 0.0378. The van der Waals surface area contributed by atoms with E-state index in [-0.39, 0.29) is 17.9 Å². The highest BCUT2D eigenvalue weighted by Gasteiger charge is 2.26. The highest BCUT2D eigenvalue weighted by atomic mass is 79.9. The zero-order valence-corrected chi connectivity index (χ0v) is 12.9. The summed E-state index contributed by atoms with van der Waals surface area (Å²) in [6.07, 6.45) is 0.313. The first-order chi connectivity index (χ1) is 9.43. The molecule has 106 valence electrons. The number of anilines is 1. The van der Waals surface area contributed by atoms with Gasteiger partial charge in [0.1, 0.15) is 0 Å². The predicted molar refractivity (Wildman–Crippen MR) is 82.7 cm³/mol. The number of nitrogens with two attached hydrogens (primary N) is 2. The second kappa shape index (κ2) is 5.62. The zero-order chi connectivity index (χ0) is 14.9. The summed E-state index contributed by atoms with van der Waals surface area (Å²) in [5, 5.41) is 8.85. The van der Waals surface area contributed by atoms with Gasteiger partial charge < -0.3 is 11.1 Å². The molecule has 1 amide bonds. The van der Waals surface area contributed by atoms with Gasteiger partial charge in [0.25, 0.3) is 0 Å². The van der Waals surface area contributed by atoms with Crippen molar-refractivity contribution in [3.05, 3.63) is 29.3 Å². The van der Waals surface area contributed by atoms with Crippen LogP contribution in [0.15, 0.2) is 23.2 Å². The van der Waals surface area contributed by atoms with Gasteiger partial charge in [0.05, 0.1) is 18.0 Å². The highest BCUT2D eigenvalue weighted by Crippen LogP contribution is 2.29. The molecule has 0 aliphatic carbocycles. The first-order valence-corrected chi connectivity index (χ1v) is 6.93. The molecule has 0 spiro atoms. The maximum Gasteiger partial charge on any atom is 0.248 e. The average Bonchev–Trinajstić information content (AvgIpc) is 2.43. The summed E-state index contributed by atoms with van der Waals surface area (Å²) >= 11 is 3.27. The average molecular weight is 339 g/mol. The Morgan fingerprint density at radius 2 is 2.30 bits per heavy atom. The Labute approximate surface area is 125 Å². The van der Waals surface area contributed by atoms with Crippen molar-refractivity contribution in [2.75, 3.05) is 19.4 Å². The van der Waals surface area contributed by atoms with Crippen molar-refractivity contribution in [3.63, 3.8) is 0 Å². The first kappa shape index (κ1) is 14.5. The number of carbonyl (C=O) groups excluding carboxylic acids is 1. The van der Waals surface area contributed by atoms with E-state index in [2.05, 4.69) is 26.2 Å². The number of rotatable bonds is 3. The van der Waals surface area contributed by atoms with Gasteiger partial charge >= 0.3 is 0 Å². The molecule has 1 atom stereocenters. The maximum atomic E-state index is 11.8. The minimum atomic E-state index is -0.253. The Bertz CT molecular complexity index is 598. The molecule has 0 bridgehead atoms. The second-order valence-corrected chi connectivity index (χ2v) is 5.42. The van der Waals surface area contributed by atoms with Crippen LogP contribution in [0.2, 0.25) is 0 Å². The van der Waals surface area contributed by atoms with E-state index >= 15 is 0 Å². The molecule has 2 rings (SSSR count). The summed E-state index contributed by atoms with van der Waals surface area (Å²) in [6, 6.07) is 5.48. The summed E-state index contributed by atoms with van der Waals surface area (Å²) in [6.45, 7) is 0. The van der Waals surface area contributed by atoms with Gasteiger partial charge in [0.15, 0.2) is 5.96 Å². The van der Waals surface area contributed by atoms with E-state index in [1.165, 1.54) is 4.90 Å². The predicted octanol–water partition coefficient (Wildman–Crippen LogP) is -0.153. The second-order valence-electron chi connectivity index (χ2n) is 4.56. The van der Waals surface area contributed by atoms with Crippen LogP contribution in [0.3, 0.4) is 0 Å². The van der Waals surface area contributed by atoms with Crippen molar-refractivity contribution in [2.24, 2.45) is 10.7 Å². The lowest BCUT2D eigenvalue weighted by Crippen LogP contribution is -2.42. The van der Waals surface area contributed by atoms with Crippen molar-refractivity contribution in [3.8, 4) is 0 Å². The molecule has 0 unspecified atom stereocenters. The molecule has 1 aliphatic heterocycles. The normalized spacial score (nSPS) is 18.8. The van der Waals surface area contributed by atoms with Gasteiger partial charge in [-0.1, -0.05) is 6.07 Å². The molecule has 6 nitrogen and oxygen atoms in total. The quantitative estimate of drug-likeness (QED) is 0.668. The van der Waals surface area contributed by atoms with Gasteiger partial charge in [-0.15, -0.1) is 0 Å². The molecular weight excluding hydrogens is 322 g/mol. The van der Waals surface area contributed by atoms with Crippen molar-refractivity contribution in [1.29, 1.82) is 0 Å². The molecule has 1 heterocycles. The Morgan fingerprint density at radius 3 is 2.85 bits per heavy atom. The number of guanidine groups is 1. The lowest BCUT2D eigenvalue weighted by atomic mass is 10.00. The topological polar surface area (TPSA) is 96.3 Å². The molecule has 0 saturated heterocycles. The largest absolute Gasteiger partial charge is 0.387 e. The van der Waals surface area contributed by atoms with E-state index in [9.17, 15) is 4.79 Å². The number of nitrogens with one attached hydrogen (secondary N) is 1. The number of amides is 1. The maximum absolute atomic E-state index is 11.8. The van der Waals surface area contributed by atoms with Gasteiger partial charge in [0.2, 0.25) is 10.5 Å². The number of carbonyl (C=O) groups is 1. The molecule has 5 N–H and O–H groups in total. The summed E-state index contributed by atoms with van der Waals surface area (Å²) in [5.74, 6) is 0.206. The molecule has 1 aromatic carbocycles. The van der Waals surface area contributed by atoms with Crippen LogP contribution in [0, 0.1) is 0 Å². The number of hydrogen-bond donors (Lipinski definition) is 3. The lowest BCUT2D eigenvalue weighted by molar-refractivity contribution is -0.127. The molecule has 20 heavy (non-hydrogen) atoms. The molecule has 0 saturated carbocycles. The monoisotopic (exact) mass is 338 g/mol. The number of hydrogen-bond acceptors (Lipinski definition) is 4. The van der Waals surface area contributed by atoms with Gasteiger partial charge in [-0.3, -0.25) is 9.69 Å². The van der Waals surface area contributed by atoms with E-state index < -0.39 is 0 Å². The van der Waals surface area contributed by atoms with Crippen molar-refractivity contribution in [1.82, 2.24) is 4.90 Å². The minimum Gasteiger partial charge on any atom is -0.387 e.